The van der Waals surface area contributed by atoms with Gasteiger partial charge in [-0.25, -0.2) is 0 Å². The van der Waals surface area contributed by atoms with Crippen LogP contribution < -0.4 is 5.32 Å². The summed E-state index contributed by atoms with van der Waals surface area (Å²) in [4.78, 5) is 31.2. The lowest BCUT2D eigenvalue weighted by Gasteiger charge is -1.92. The van der Waals surface area contributed by atoms with Crippen LogP contribution in [0.1, 0.15) is 0 Å². The van der Waals surface area contributed by atoms with E-state index < -0.39 is 11.8 Å². The molecule has 0 radical (unpaired) electrons. The molecule has 6 heteroatoms. The Balaban J connectivity index is 2.30. The second-order valence-electron chi connectivity index (χ2n) is 3.93. The zero-order valence-corrected chi connectivity index (χ0v) is 11.1. The van der Waals surface area contributed by atoms with E-state index >= 15 is 0 Å². The van der Waals surface area contributed by atoms with Crippen LogP contribution in [0.5, 0.6) is 0 Å². The summed E-state index contributed by atoms with van der Waals surface area (Å²) >= 11 is 0. The molecule has 0 aromatic carbocycles. The molecule has 2 heterocycles. The minimum absolute atomic E-state index is 0.291. The smallest absolute Gasteiger partial charge is 0.258 e. The average Bonchev–Trinajstić information content (AvgIpc) is 2.72. The molecule has 0 fully saturated rings. The number of nitrogens with one attached hydrogen (secondary N) is 1. The molecule has 0 saturated heterocycles. The number of amides is 2. The van der Waals surface area contributed by atoms with Crippen molar-refractivity contribution in [1.82, 2.24) is 5.32 Å². The summed E-state index contributed by atoms with van der Waals surface area (Å²) in [6.07, 6.45) is 15.5. The highest BCUT2D eigenvalue weighted by Crippen LogP contribution is 2.15. The van der Waals surface area contributed by atoms with Crippen LogP contribution in [-0.2, 0) is 14.3 Å². The Morgan fingerprint density at radius 2 is 1.57 bits per heavy atom. The number of aliphatic imine (C=N–C) groups is 2. The first kappa shape index (κ1) is 14.4. The van der Waals surface area contributed by atoms with E-state index in [1.807, 2.05) is 0 Å². The summed E-state index contributed by atoms with van der Waals surface area (Å²) in [5, 5.41) is 2.24. The highest BCUT2D eigenvalue weighted by atomic mass is 16.5. The maximum Gasteiger partial charge on any atom is 0.258 e. The summed E-state index contributed by atoms with van der Waals surface area (Å²) < 4.78 is 5.12. The van der Waals surface area contributed by atoms with Gasteiger partial charge in [0.2, 0.25) is 0 Å². The van der Waals surface area contributed by atoms with Gasteiger partial charge in [0.25, 0.3) is 11.8 Å². The van der Waals surface area contributed by atoms with Crippen molar-refractivity contribution in [3.63, 3.8) is 0 Å². The van der Waals surface area contributed by atoms with Crippen LogP contribution in [0.4, 0.5) is 0 Å². The number of rotatable bonds is 0. The number of carbonyl (C=O) groups is 2. The molecule has 6 nitrogen and oxygen atoms in total. The van der Waals surface area contributed by atoms with Gasteiger partial charge in [-0.15, -0.1) is 0 Å². The first-order valence-corrected chi connectivity index (χ1v) is 6.20. The molecular formula is C15H13N3O3. The van der Waals surface area contributed by atoms with Gasteiger partial charge >= 0.3 is 0 Å². The van der Waals surface area contributed by atoms with Gasteiger partial charge in [-0.1, -0.05) is 0 Å². The van der Waals surface area contributed by atoms with Crippen LogP contribution in [-0.4, -0.2) is 30.9 Å². The Morgan fingerprint density at radius 3 is 2.24 bits per heavy atom. The van der Waals surface area contributed by atoms with Gasteiger partial charge < -0.3 is 4.74 Å². The standard InChI is InChI=1S/C15H13N3O3/c19-14-12-4-1-6-16-8-3-10-21-11-9-17-7-2-5-13(12)15(20)18-14/h1-9,11H,10H2,(H,18,19,20)/b4-1+,5-2?,8-3-,11-9-,16-6-,17-7?. The lowest BCUT2D eigenvalue weighted by atomic mass is 10.1. The van der Waals surface area contributed by atoms with Gasteiger partial charge in [-0.2, -0.15) is 0 Å². The number of hydrogen-bond donors (Lipinski definition) is 1. The second-order valence-corrected chi connectivity index (χ2v) is 3.93. The number of hydrogen-bond acceptors (Lipinski definition) is 5. The van der Waals surface area contributed by atoms with Gasteiger partial charge in [0.15, 0.2) is 0 Å². The van der Waals surface area contributed by atoms with Crippen molar-refractivity contribution in [2.45, 2.75) is 0 Å². The normalized spacial score (nSPS) is 25.0. The van der Waals surface area contributed by atoms with Crippen LogP contribution in [0.2, 0.25) is 0 Å². The molecule has 0 aliphatic carbocycles. The maximum absolute atomic E-state index is 11.7. The molecule has 0 atom stereocenters. The molecule has 0 spiro atoms. The molecule has 21 heavy (non-hydrogen) atoms. The molecule has 2 aliphatic rings. The van der Waals surface area contributed by atoms with Crippen molar-refractivity contribution in [2.75, 3.05) is 6.61 Å². The molecule has 2 rings (SSSR count). The number of imide groups is 1. The molecule has 0 unspecified atom stereocenters. The highest BCUT2D eigenvalue weighted by Gasteiger charge is 2.26. The van der Waals surface area contributed by atoms with Gasteiger partial charge in [0.05, 0.1) is 17.3 Å². The lowest BCUT2D eigenvalue weighted by molar-refractivity contribution is -0.123. The summed E-state index contributed by atoms with van der Waals surface area (Å²) in [7, 11) is 0. The molecule has 2 aliphatic heterocycles. The third kappa shape index (κ3) is 4.24. The van der Waals surface area contributed by atoms with Crippen LogP contribution >= 0.6 is 0 Å². The Labute approximate surface area is 121 Å². The van der Waals surface area contributed by atoms with Crippen molar-refractivity contribution < 1.29 is 14.3 Å². The third-order valence-corrected chi connectivity index (χ3v) is 2.50. The van der Waals surface area contributed by atoms with E-state index in [0.717, 1.165) is 0 Å². The second kappa shape index (κ2) is 7.54. The summed E-state index contributed by atoms with van der Waals surface area (Å²) in [5.74, 6) is -0.854. The van der Waals surface area contributed by atoms with Crippen molar-refractivity contribution in [2.24, 2.45) is 9.98 Å². The van der Waals surface area contributed by atoms with Gasteiger partial charge in [-0.05, 0) is 30.4 Å². The summed E-state index contributed by atoms with van der Waals surface area (Å²) in [6.45, 7) is 0.384. The number of allylic oxidation sites excluding steroid dienone is 2. The van der Waals surface area contributed by atoms with E-state index in [0.29, 0.717) is 17.8 Å². The van der Waals surface area contributed by atoms with Crippen LogP contribution in [0.25, 0.3) is 0 Å². The van der Waals surface area contributed by atoms with Gasteiger partial charge in [0, 0.05) is 18.6 Å². The van der Waals surface area contributed by atoms with Crippen molar-refractivity contribution in [3.8, 4) is 0 Å². The zero-order chi connectivity index (χ0) is 14.9. The van der Waals surface area contributed by atoms with Crippen molar-refractivity contribution >= 4 is 24.2 Å². The van der Waals surface area contributed by atoms with Crippen molar-refractivity contribution in [1.29, 1.82) is 0 Å². The zero-order valence-electron chi connectivity index (χ0n) is 11.1. The molecule has 0 bridgehead atoms. The molecule has 106 valence electrons. The first-order valence-electron chi connectivity index (χ1n) is 6.20. The highest BCUT2D eigenvalue weighted by molar-refractivity contribution is 6.22. The van der Waals surface area contributed by atoms with E-state index in [2.05, 4.69) is 15.3 Å². The molecule has 0 saturated carbocycles. The summed E-state index contributed by atoms with van der Waals surface area (Å²) in [5.41, 5.74) is 0.588. The van der Waals surface area contributed by atoms with Crippen LogP contribution in [0.15, 0.2) is 70.2 Å². The van der Waals surface area contributed by atoms with Crippen LogP contribution in [0.3, 0.4) is 0 Å². The first-order chi connectivity index (χ1) is 10.3. The van der Waals surface area contributed by atoms with E-state index in [-0.39, 0.29) is 0 Å². The number of nitrogens with zero attached hydrogens (tertiary/aromatic N) is 2. The van der Waals surface area contributed by atoms with E-state index in [9.17, 15) is 9.59 Å². The minimum atomic E-state index is -0.430. The fourth-order valence-electron chi connectivity index (χ4n) is 1.58. The molecular weight excluding hydrogens is 270 g/mol. The fraction of sp³-hybridized carbons (Fsp3) is 0.0667. The van der Waals surface area contributed by atoms with Crippen LogP contribution in [0, 0.1) is 0 Å². The molecule has 1 N–H and O–H groups in total. The van der Waals surface area contributed by atoms with E-state index in [1.165, 1.54) is 37.0 Å². The lowest BCUT2D eigenvalue weighted by Crippen LogP contribution is -2.22. The Morgan fingerprint density at radius 1 is 0.952 bits per heavy atom. The predicted octanol–water partition coefficient (Wildman–Crippen LogP) is 1.21. The molecule has 2 amide bonds. The van der Waals surface area contributed by atoms with E-state index in [4.69, 9.17) is 4.74 Å². The SMILES string of the molecule is O=C1NC(=O)C2=C1C=CC=N/C=C\OC\C=C/N=C\C=C\2. The molecule has 0 aromatic rings. The number of carbonyl (C=O) groups excluding carboxylic acids is 2. The monoisotopic (exact) mass is 283 g/mol. The third-order valence-electron chi connectivity index (χ3n) is 2.50. The summed E-state index contributed by atoms with van der Waals surface area (Å²) in [6, 6.07) is 0. The fourth-order valence-corrected chi connectivity index (χ4v) is 1.58. The van der Waals surface area contributed by atoms with Gasteiger partial charge in [-0.3, -0.25) is 24.9 Å². The maximum atomic E-state index is 11.7. The van der Waals surface area contributed by atoms with E-state index in [1.54, 1.807) is 24.4 Å². The number of ether oxygens (including phenoxy) is 1. The predicted molar refractivity (Wildman–Crippen MR) is 79.7 cm³/mol. The topological polar surface area (TPSA) is 80.1 Å². The van der Waals surface area contributed by atoms with Gasteiger partial charge in [0.1, 0.15) is 12.9 Å². The largest absolute Gasteiger partial charge is 0.495 e. The average molecular weight is 283 g/mol. The Bertz CT molecular complexity index is 581. The van der Waals surface area contributed by atoms with Crippen molar-refractivity contribution in [3.05, 3.63) is 60.2 Å². The Hall–Kier alpha value is -3.02. The quantitative estimate of drug-likeness (QED) is 0.678. The minimum Gasteiger partial charge on any atom is -0.495 e. The molecule has 0 aromatic heterocycles. The Kier molecular flexibility index (Phi) is 5.17.